The number of H-pyrrole nitrogens is 1. The zero-order valence-corrected chi connectivity index (χ0v) is 19.9. The predicted octanol–water partition coefficient (Wildman–Crippen LogP) is 3.88. The van der Waals surface area contributed by atoms with E-state index in [0.717, 1.165) is 40.6 Å². The molecule has 0 atom stereocenters. The average Bonchev–Trinajstić information content (AvgIpc) is 3.55. The Labute approximate surface area is 209 Å². The topological polar surface area (TPSA) is 97.7 Å². The molecular formula is C28H28N6O2. The van der Waals surface area contributed by atoms with Gasteiger partial charge in [-0.3, -0.25) is 4.79 Å². The lowest BCUT2D eigenvalue weighted by Crippen LogP contribution is -2.29. The van der Waals surface area contributed by atoms with Gasteiger partial charge >= 0.3 is 0 Å². The Bertz CT molecular complexity index is 1400. The molecule has 5 rings (SSSR count). The van der Waals surface area contributed by atoms with Crippen LogP contribution >= 0.6 is 0 Å². The normalized spacial score (nSPS) is 11.0. The highest BCUT2D eigenvalue weighted by molar-refractivity contribution is 5.87. The highest BCUT2D eigenvalue weighted by Crippen LogP contribution is 2.27. The molecule has 2 heterocycles. The van der Waals surface area contributed by atoms with E-state index in [1.165, 1.54) is 5.56 Å². The number of carbonyl (C=O) groups excluding carboxylic acids is 1. The van der Waals surface area contributed by atoms with Crippen molar-refractivity contribution in [2.75, 3.05) is 6.54 Å². The number of amides is 1. The Hall–Kier alpha value is -4.46. The summed E-state index contributed by atoms with van der Waals surface area (Å²) in [6.45, 7) is 1.34. The van der Waals surface area contributed by atoms with Gasteiger partial charge in [-0.15, -0.1) is 10.2 Å². The summed E-state index contributed by atoms with van der Waals surface area (Å²) in [6, 6.07) is 26.3. The minimum absolute atomic E-state index is 0.0167. The lowest BCUT2D eigenvalue weighted by atomic mass is 10.1. The SMILES string of the molecule is O=C(Cn1cc(CCc2nn[nH]n2)c2cc(OCc3ccccc3)ccc21)NCCc1ccccc1. The minimum atomic E-state index is -0.0167. The molecule has 0 unspecified atom stereocenters. The number of rotatable bonds is 11. The van der Waals surface area contributed by atoms with Gasteiger partial charge in [0.25, 0.3) is 0 Å². The number of tetrazole rings is 1. The van der Waals surface area contributed by atoms with Gasteiger partial charge in [0, 0.05) is 30.1 Å². The van der Waals surface area contributed by atoms with Crippen LogP contribution in [-0.2, 0) is 37.2 Å². The van der Waals surface area contributed by atoms with Gasteiger partial charge in [-0.25, -0.2) is 0 Å². The number of ether oxygens (including phenoxy) is 1. The summed E-state index contributed by atoms with van der Waals surface area (Å²) in [6.07, 6.45) is 4.22. The third-order valence-corrected chi connectivity index (χ3v) is 6.08. The number of nitrogens with zero attached hydrogens (tertiary/aromatic N) is 4. The Balaban J connectivity index is 1.30. The van der Waals surface area contributed by atoms with E-state index in [1.54, 1.807) is 0 Å². The first-order valence-electron chi connectivity index (χ1n) is 12.1. The maximum absolute atomic E-state index is 12.7. The van der Waals surface area contributed by atoms with E-state index in [9.17, 15) is 4.79 Å². The molecule has 5 aromatic rings. The molecule has 0 saturated carbocycles. The molecule has 0 spiro atoms. The molecule has 0 fully saturated rings. The van der Waals surface area contributed by atoms with Crippen LogP contribution in [0.5, 0.6) is 5.75 Å². The second kappa shape index (κ2) is 11.3. The first-order chi connectivity index (χ1) is 17.7. The fourth-order valence-electron chi connectivity index (χ4n) is 4.25. The molecule has 182 valence electrons. The molecular weight excluding hydrogens is 452 g/mol. The van der Waals surface area contributed by atoms with Crippen molar-refractivity contribution in [1.29, 1.82) is 0 Å². The molecule has 36 heavy (non-hydrogen) atoms. The first-order valence-corrected chi connectivity index (χ1v) is 12.1. The van der Waals surface area contributed by atoms with Gasteiger partial charge in [0.1, 0.15) is 18.9 Å². The van der Waals surface area contributed by atoms with E-state index in [4.69, 9.17) is 4.74 Å². The van der Waals surface area contributed by atoms with Gasteiger partial charge in [-0.2, -0.15) is 5.21 Å². The van der Waals surface area contributed by atoms with Crippen LogP contribution in [0.3, 0.4) is 0 Å². The summed E-state index contributed by atoms with van der Waals surface area (Å²) in [7, 11) is 0. The Morgan fingerprint density at radius 2 is 1.69 bits per heavy atom. The van der Waals surface area contributed by atoms with E-state index >= 15 is 0 Å². The summed E-state index contributed by atoms with van der Waals surface area (Å²) in [5.74, 6) is 1.43. The molecule has 2 N–H and O–H groups in total. The summed E-state index contributed by atoms with van der Waals surface area (Å²) >= 11 is 0. The number of benzene rings is 3. The van der Waals surface area contributed by atoms with E-state index in [-0.39, 0.29) is 12.5 Å². The van der Waals surface area contributed by atoms with Gasteiger partial charge in [0.2, 0.25) is 5.91 Å². The average molecular weight is 481 g/mol. The van der Waals surface area contributed by atoms with E-state index < -0.39 is 0 Å². The van der Waals surface area contributed by atoms with Crippen LogP contribution in [-0.4, -0.2) is 37.6 Å². The van der Waals surface area contributed by atoms with Crippen LogP contribution in [0.2, 0.25) is 0 Å². The van der Waals surface area contributed by atoms with Crippen molar-refractivity contribution in [2.45, 2.75) is 32.4 Å². The third kappa shape index (κ3) is 5.96. The van der Waals surface area contributed by atoms with Crippen LogP contribution in [0, 0.1) is 0 Å². The largest absolute Gasteiger partial charge is 0.489 e. The van der Waals surface area contributed by atoms with Gasteiger partial charge < -0.3 is 14.6 Å². The quantitative estimate of drug-likeness (QED) is 0.299. The fraction of sp³-hybridized carbons (Fsp3) is 0.214. The molecule has 0 saturated heterocycles. The van der Waals surface area contributed by atoms with Crippen molar-refractivity contribution in [2.24, 2.45) is 0 Å². The first kappa shape index (κ1) is 23.3. The molecule has 0 aliphatic carbocycles. The van der Waals surface area contributed by atoms with Crippen LogP contribution in [0.1, 0.15) is 22.5 Å². The van der Waals surface area contributed by atoms with Crippen molar-refractivity contribution in [3.8, 4) is 5.75 Å². The van der Waals surface area contributed by atoms with Gasteiger partial charge in [0.05, 0.1) is 0 Å². The third-order valence-electron chi connectivity index (χ3n) is 6.08. The molecule has 2 aromatic heterocycles. The highest BCUT2D eigenvalue weighted by atomic mass is 16.5. The number of fused-ring (bicyclic) bond motifs is 1. The van der Waals surface area contributed by atoms with Crippen LogP contribution in [0.4, 0.5) is 0 Å². The lowest BCUT2D eigenvalue weighted by Gasteiger charge is -2.09. The highest BCUT2D eigenvalue weighted by Gasteiger charge is 2.14. The van der Waals surface area contributed by atoms with E-state index in [0.29, 0.717) is 25.4 Å². The lowest BCUT2D eigenvalue weighted by molar-refractivity contribution is -0.121. The maximum atomic E-state index is 12.7. The summed E-state index contributed by atoms with van der Waals surface area (Å²) < 4.78 is 8.06. The molecule has 0 aliphatic rings. The second-order valence-corrected chi connectivity index (χ2v) is 8.65. The van der Waals surface area contributed by atoms with Crippen molar-refractivity contribution in [1.82, 2.24) is 30.5 Å². The summed E-state index contributed by atoms with van der Waals surface area (Å²) in [5.41, 5.74) is 4.41. The Kier molecular flexibility index (Phi) is 7.32. The molecule has 0 aliphatic heterocycles. The number of aryl methyl sites for hydroxylation is 2. The second-order valence-electron chi connectivity index (χ2n) is 8.65. The van der Waals surface area contributed by atoms with Crippen molar-refractivity contribution < 1.29 is 9.53 Å². The Morgan fingerprint density at radius 3 is 2.44 bits per heavy atom. The standard InChI is InChI=1S/C28H28N6O2/c35-28(29-16-15-21-7-3-1-4-8-21)19-34-18-23(11-14-27-30-32-33-31-27)25-17-24(12-13-26(25)34)36-20-22-9-5-2-6-10-22/h1-10,12-13,17-18H,11,14-16,19-20H2,(H,29,35)(H,30,31,32,33). The maximum Gasteiger partial charge on any atom is 0.239 e. The summed E-state index contributed by atoms with van der Waals surface area (Å²) in [5, 5.41) is 18.4. The predicted molar refractivity (Wildman–Crippen MR) is 137 cm³/mol. The Morgan fingerprint density at radius 1 is 0.917 bits per heavy atom. The van der Waals surface area contributed by atoms with Crippen molar-refractivity contribution in [3.63, 3.8) is 0 Å². The zero-order valence-electron chi connectivity index (χ0n) is 19.9. The van der Waals surface area contributed by atoms with Gasteiger partial charge in [-0.1, -0.05) is 65.9 Å². The van der Waals surface area contributed by atoms with Crippen LogP contribution < -0.4 is 10.1 Å². The summed E-state index contributed by atoms with van der Waals surface area (Å²) in [4.78, 5) is 12.7. The van der Waals surface area contributed by atoms with Crippen LogP contribution in [0.15, 0.2) is 85.1 Å². The molecule has 3 aromatic carbocycles. The monoisotopic (exact) mass is 480 g/mol. The number of hydrogen-bond donors (Lipinski definition) is 2. The smallest absolute Gasteiger partial charge is 0.239 e. The molecule has 8 nitrogen and oxygen atoms in total. The van der Waals surface area contributed by atoms with Crippen molar-refractivity contribution >= 4 is 16.8 Å². The minimum Gasteiger partial charge on any atom is -0.489 e. The van der Waals surface area contributed by atoms with Crippen molar-refractivity contribution in [3.05, 3.63) is 108 Å². The van der Waals surface area contributed by atoms with E-state index in [2.05, 4.69) is 38.1 Å². The molecule has 8 heteroatoms. The molecule has 0 bridgehead atoms. The van der Waals surface area contributed by atoms with Crippen LogP contribution in [0.25, 0.3) is 10.9 Å². The molecule has 1 amide bonds. The number of hydrogen-bond acceptors (Lipinski definition) is 5. The number of carbonyl (C=O) groups is 1. The number of aromatic amines is 1. The van der Waals surface area contributed by atoms with Gasteiger partial charge in [-0.05, 0) is 47.7 Å². The zero-order chi connectivity index (χ0) is 24.6. The fourth-order valence-corrected chi connectivity index (χ4v) is 4.25. The molecule has 0 radical (unpaired) electrons. The van der Waals surface area contributed by atoms with Gasteiger partial charge in [0.15, 0.2) is 5.82 Å². The van der Waals surface area contributed by atoms with E-state index in [1.807, 2.05) is 77.5 Å². The number of aromatic nitrogens is 5. The number of nitrogens with one attached hydrogen (secondary N) is 2.